The lowest BCUT2D eigenvalue weighted by Crippen LogP contribution is -1.97. The molecule has 0 aliphatic rings. The lowest BCUT2D eigenvalue weighted by Gasteiger charge is -1.90. The Bertz CT molecular complexity index is 293. The van der Waals surface area contributed by atoms with Crippen molar-refractivity contribution in [3.63, 3.8) is 0 Å². The van der Waals surface area contributed by atoms with Gasteiger partial charge in [-0.2, -0.15) is 0 Å². The first-order valence-electron chi connectivity index (χ1n) is 4.49. The van der Waals surface area contributed by atoms with Crippen LogP contribution in [0, 0.1) is 0 Å². The van der Waals surface area contributed by atoms with Crippen LogP contribution in [0.3, 0.4) is 0 Å². The van der Waals surface area contributed by atoms with E-state index in [1.165, 1.54) is 5.54 Å². The second kappa shape index (κ2) is 17.3. The van der Waals surface area contributed by atoms with Gasteiger partial charge in [0, 0.05) is 18.2 Å². The van der Waals surface area contributed by atoms with Gasteiger partial charge >= 0.3 is 17.9 Å². The zero-order chi connectivity index (χ0) is 15.0. The van der Waals surface area contributed by atoms with Crippen LogP contribution in [-0.4, -0.2) is 34.7 Å². The molecule has 7 heteroatoms. The normalized spacial score (nSPS) is 7.89. The van der Waals surface area contributed by atoms with Gasteiger partial charge in [-0.05, 0) is 12.5 Å². The average Bonchev–Trinajstić information content (AvgIpc) is 2.28. The van der Waals surface area contributed by atoms with E-state index >= 15 is 0 Å². The van der Waals surface area contributed by atoms with Gasteiger partial charge in [0.15, 0.2) is 0 Å². The first-order valence-corrected chi connectivity index (χ1v) is 4.93. The largest absolute Gasteiger partial charge is 0.478 e. The Balaban J connectivity index is -0.000000207. The molecule has 0 rings (SSSR count). The van der Waals surface area contributed by atoms with E-state index in [-0.39, 0.29) is 5.97 Å². The number of carbonyl (C=O) groups is 3. The maximum atomic E-state index is 10.1. The maximum absolute atomic E-state index is 10.1. The number of esters is 1. The number of rotatable bonds is 4. The highest BCUT2D eigenvalue weighted by Crippen LogP contribution is 1.74. The summed E-state index contributed by atoms with van der Waals surface area (Å²) in [5.74, 6) is -2.87. The van der Waals surface area contributed by atoms with Crippen molar-refractivity contribution in [2.45, 2.75) is 6.92 Å². The van der Waals surface area contributed by atoms with Crippen molar-refractivity contribution in [3.8, 4) is 0 Å². The number of carboxylic acids is 2. The molecule has 0 bridgehead atoms. The van der Waals surface area contributed by atoms with Gasteiger partial charge in [-0.15, -0.1) is 0 Å². The van der Waals surface area contributed by atoms with Crippen LogP contribution < -0.4 is 0 Å². The molecular weight excluding hydrogens is 264 g/mol. The topological polar surface area (TPSA) is 101 Å². The molecule has 0 aromatic heterocycles. The van der Waals surface area contributed by atoms with Crippen LogP contribution in [0.15, 0.2) is 36.9 Å². The van der Waals surface area contributed by atoms with Crippen LogP contribution in [0.5, 0.6) is 0 Å². The Kier molecular flexibility index (Phi) is 20.4. The Morgan fingerprint density at radius 2 is 1.50 bits per heavy atom. The Hall–Kier alpha value is -2.08. The molecule has 0 aromatic carbocycles. The molecule has 0 saturated heterocycles. The number of hydrogen-bond acceptors (Lipinski definition) is 4. The molecule has 0 heterocycles. The third-order valence-electron chi connectivity index (χ3n) is 0.822. The number of halogens is 1. The highest BCUT2D eigenvalue weighted by atomic mass is 35.5. The zero-order valence-electron chi connectivity index (χ0n) is 9.84. The molecule has 0 saturated carbocycles. The van der Waals surface area contributed by atoms with Gasteiger partial charge in [-0.1, -0.05) is 24.8 Å². The highest BCUT2D eigenvalue weighted by molar-refractivity contribution is 6.25. The first-order chi connectivity index (χ1) is 8.35. The molecule has 18 heavy (non-hydrogen) atoms. The molecule has 2 N–H and O–H groups in total. The van der Waals surface area contributed by atoms with Crippen molar-refractivity contribution in [1.82, 2.24) is 0 Å². The van der Waals surface area contributed by atoms with E-state index in [0.717, 1.165) is 6.08 Å². The van der Waals surface area contributed by atoms with Crippen molar-refractivity contribution >= 4 is 29.5 Å². The van der Waals surface area contributed by atoms with Crippen LogP contribution in [0.25, 0.3) is 0 Å². The predicted octanol–water partition coefficient (Wildman–Crippen LogP) is 1.82. The van der Waals surface area contributed by atoms with Gasteiger partial charge in [0.25, 0.3) is 0 Å². The van der Waals surface area contributed by atoms with Crippen LogP contribution in [0.1, 0.15) is 6.92 Å². The molecule has 0 radical (unpaired) electrons. The fourth-order valence-electron chi connectivity index (χ4n) is 0.344. The molecule has 6 nitrogen and oxygen atoms in total. The maximum Gasteiger partial charge on any atom is 0.330 e. The average molecular weight is 279 g/mol. The molecule has 102 valence electrons. The molecule has 0 atom stereocenters. The van der Waals surface area contributed by atoms with Crippen molar-refractivity contribution in [2.75, 3.05) is 6.61 Å². The fraction of sp³-hybridized carbons (Fsp3) is 0.182. The van der Waals surface area contributed by atoms with Crippen LogP contribution in [0.4, 0.5) is 0 Å². The van der Waals surface area contributed by atoms with E-state index in [9.17, 15) is 14.4 Å². The van der Waals surface area contributed by atoms with E-state index in [1.807, 2.05) is 0 Å². The number of hydrogen-bond donors (Lipinski definition) is 2. The van der Waals surface area contributed by atoms with E-state index < -0.39 is 11.9 Å². The molecule has 0 aromatic rings. The van der Waals surface area contributed by atoms with Gasteiger partial charge in [0.05, 0.1) is 6.61 Å². The molecule has 0 spiro atoms. The molecule has 0 amide bonds. The SMILES string of the molecule is C=CC(=O)OCC.C=CCl.O=C(O)/C=C\C(=O)O. The summed E-state index contributed by atoms with van der Waals surface area (Å²) in [6, 6.07) is 0. The Labute approximate surface area is 110 Å². The van der Waals surface area contributed by atoms with Gasteiger partial charge in [-0.3, -0.25) is 0 Å². The predicted molar refractivity (Wildman–Crippen MR) is 67.3 cm³/mol. The molecule has 0 aliphatic heterocycles. The summed E-state index contributed by atoms with van der Waals surface area (Å²) in [6.07, 6.45) is 2.26. The second-order valence-corrected chi connectivity index (χ2v) is 2.43. The summed E-state index contributed by atoms with van der Waals surface area (Å²) >= 11 is 4.76. The number of ether oxygens (including phenoxy) is 1. The van der Waals surface area contributed by atoms with Crippen molar-refractivity contribution < 1.29 is 29.3 Å². The fourth-order valence-corrected chi connectivity index (χ4v) is 0.344. The van der Waals surface area contributed by atoms with Gasteiger partial charge in [0.1, 0.15) is 0 Å². The summed E-state index contributed by atoms with van der Waals surface area (Å²) < 4.78 is 4.43. The minimum atomic E-state index is -1.26. The summed E-state index contributed by atoms with van der Waals surface area (Å²) in [6.45, 7) is 8.50. The van der Waals surface area contributed by atoms with Crippen molar-refractivity contribution in [1.29, 1.82) is 0 Å². The minimum Gasteiger partial charge on any atom is -0.478 e. The van der Waals surface area contributed by atoms with Gasteiger partial charge < -0.3 is 14.9 Å². The lowest BCUT2D eigenvalue weighted by molar-refractivity contribution is -0.137. The Morgan fingerprint density at radius 1 is 1.17 bits per heavy atom. The van der Waals surface area contributed by atoms with Crippen LogP contribution >= 0.6 is 11.6 Å². The molecule has 0 fully saturated rings. The number of carboxylic acid groups (broad SMARTS) is 2. The quantitative estimate of drug-likeness (QED) is 0.601. The lowest BCUT2D eigenvalue weighted by atomic mass is 10.5. The van der Waals surface area contributed by atoms with E-state index in [1.54, 1.807) is 6.92 Å². The monoisotopic (exact) mass is 278 g/mol. The Morgan fingerprint density at radius 3 is 1.61 bits per heavy atom. The third kappa shape index (κ3) is 37.0. The molecule has 0 aliphatic carbocycles. The standard InChI is InChI=1S/C5H8O2.C4H4O4.C2H3Cl/c1-3-5(6)7-4-2;5-3(6)1-2-4(7)8;1-2-3/h3H,1,4H2,2H3;1-2H,(H,5,6)(H,7,8);2H,1H2/b;2-1-;. The van der Waals surface area contributed by atoms with E-state index in [0.29, 0.717) is 18.8 Å². The van der Waals surface area contributed by atoms with Crippen molar-refractivity contribution in [2.24, 2.45) is 0 Å². The highest BCUT2D eigenvalue weighted by Gasteiger charge is 1.88. The number of aliphatic carboxylic acids is 2. The van der Waals surface area contributed by atoms with Crippen LogP contribution in [0.2, 0.25) is 0 Å². The minimum absolute atomic E-state index is 0.359. The zero-order valence-corrected chi connectivity index (χ0v) is 10.6. The smallest absolute Gasteiger partial charge is 0.330 e. The van der Waals surface area contributed by atoms with E-state index in [4.69, 9.17) is 21.8 Å². The van der Waals surface area contributed by atoms with E-state index in [2.05, 4.69) is 17.9 Å². The summed E-state index contributed by atoms with van der Waals surface area (Å²) in [4.78, 5) is 29.2. The molecule has 0 unspecified atom stereocenters. The van der Waals surface area contributed by atoms with Gasteiger partial charge in [0.2, 0.25) is 0 Å². The van der Waals surface area contributed by atoms with Gasteiger partial charge in [-0.25, -0.2) is 14.4 Å². The second-order valence-electron chi connectivity index (χ2n) is 2.12. The molecular formula is C11H15ClO6. The summed E-state index contributed by atoms with van der Waals surface area (Å²) in [5, 5.41) is 15.6. The van der Waals surface area contributed by atoms with Crippen LogP contribution in [-0.2, 0) is 19.1 Å². The first kappa shape index (κ1) is 21.2. The summed E-state index contributed by atoms with van der Waals surface area (Å²) in [7, 11) is 0. The van der Waals surface area contributed by atoms with Crippen molar-refractivity contribution in [3.05, 3.63) is 36.9 Å². The third-order valence-corrected chi connectivity index (χ3v) is 0.822. The summed E-state index contributed by atoms with van der Waals surface area (Å²) in [5.41, 5.74) is 1.22. The number of carbonyl (C=O) groups excluding carboxylic acids is 1.